The molecule has 1 aromatic rings. The van der Waals surface area contributed by atoms with Crippen LogP contribution in [0.4, 0.5) is 0 Å². The molecule has 1 aromatic heterocycles. The monoisotopic (exact) mass is 121 g/mol. The molecule has 0 radical (unpaired) electrons. The number of pyridine rings is 1. The fourth-order valence-corrected chi connectivity index (χ4v) is 0.471. The van der Waals surface area contributed by atoms with Crippen LogP contribution in [0.25, 0.3) is 0 Å². The molecule has 0 aromatic carbocycles. The number of halogens is 1. The Balaban J connectivity index is 0.000000490. The molecule has 8 heavy (non-hydrogen) atoms. The molecule has 0 unspecified atom stereocenters. The second kappa shape index (κ2) is 3.97. The Bertz CT molecular complexity index is 142. The quantitative estimate of drug-likeness (QED) is 0.370. The molecule has 0 atom stereocenters. The van der Waals surface area contributed by atoms with Crippen LogP contribution in [-0.2, 0) is 0 Å². The van der Waals surface area contributed by atoms with Crippen LogP contribution >= 0.6 is 11.6 Å². The summed E-state index contributed by atoms with van der Waals surface area (Å²) in [6.07, 6.45) is 1.66. The van der Waals surface area contributed by atoms with Gasteiger partial charge in [-0.15, -0.1) is 0 Å². The minimum absolute atomic E-state index is 0. The van der Waals surface area contributed by atoms with E-state index in [1.54, 1.807) is 12.3 Å². The Morgan fingerprint density at radius 2 is 2.12 bits per heavy atom. The van der Waals surface area contributed by atoms with Crippen molar-refractivity contribution in [2.75, 3.05) is 0 Å². The molecule has 0 bridgehead atoms. The van der Waals surface area contributed by atoms with E-state index in [-0.39, 0.29) is 18.9 Å². The standard InChI is InChI=1S/C5H4ClN.Li.H/c6-5-3-1-2-4-7-5;;/h1-4H;;. The van der Waals surface area contributed by atoms with Crippen molar-refractivity contribution in [1.82, 2.24) is 4.98 Å². The van der Waals surface area contributed by atoms with Crippen LogP contribution in [-0.4, -0.2) is 23.8 Å². The topological polar surface area (TPSA) is 12.9 Å². The van der Waals surface area contributed by atoms with Crippen LogP contribution < -0.4 is 0 Å². The van der Waals surface area contributed by atoms with Crippen molar-refractivity contribution in [1.29, 1.82) is 0 Å². The first kappa shape index (κ1) is 8.04. The summed E-state index contributed by atoms with van der Waals surface area (Å²) in [6, 6.07) is 5.41. The van der Waals surface area contributed by atoms with Gasteiger partial charge in [0.25, 0.3) is 0 Å². The van der Waals surface area contributed by atoms with Gasteiger partial charge in [-0.1, -0.05) is 17.7 Å². The van der Waals surface area contributed by atoms with Gasteiger partial charge in [0.15, 0.2) is 0 Å². The van der Waals surface area contributed by atoms with E-state index in [1.807, 2.05) is 12.1 Å². The van der Waals surface area contributed by atoms with E-state index in [0.717, 1.165) is 0 Å². The number of aromatic nitrogens is 1. The number of hydrogen-bond acceptors (Lipinski definition) is 1. The van der Waals surface area contributed by atoms with E-state index < -0.39 is 0 Å². The molecule has 1 rings (SSSR count). The summed E-state index contributed by atoms with van der Waals surface area (Å²) in [5.41, 5.74) is 0. The van der Waals surface area contributed by atoms with Gasteiger partial charge in [0, 0.05) is 6.20 Å². The molecule has 3 heteroatoms. The normalized spacial score (nSPS) is 7.62. The van der Waals surface area contributed by atoms with Crippen molar-refractivity contribution in [2.24, 2.45) is 0 Å². The van der Waals surface area contributed by atoms with E-state index in [9.17, 15) is 0 Å². The van der Waals surface area contributed by atoms with Crippen LogP contribution in [0.5, 0.6) is 0 Å². The third-order valence-corrected chi connectivity index (χ3v) is 0.852. The Kier molecular flexibility index (Phi) is 3.99. The van der Waals surface area contributed by atoms with E-state index >= 15 is 0 Å². The predicted octanol–water partition coefficient (Wildman–Crippen LogP) is 1.09. The fraction of sp³-hybridized carbons (Fsp3) is 0. The second-order valence-electron chi connectivity index (χ2n) is 1.15. The molecular weight excluding hydrogens is 116 g/mol. The SMILES string of the molecule is Clc1ccccn1.[LiH]. The predicted molar refractivity (Wildman–Crippen MR) is 36.4 cm³/mol. The minimum atomic E-state index is 0. The number of hydrogen-bond donors (Lipinski definition) is 0. The Labute approximate surface area is 65.3 Å². The van der Waals surface area contributed by atoms with E-state index in [2.05, 4.69) is 4.98 Å². The van der Waals surface area contributed by atoms with Crippen molar-refractivity contribution < 1.29 is 0 Å². The Morgan fingerprint density at radius 3 is 2.38 bits per heavy atom. The van der Waals surface area contributed by atoms with Crippen LogP contribution in [0.2, 0.25) is 5.15 Å². The third kappa shape index (κ3) is 2.37. The maximum absolute atomic E-state index is 5.43. The molecule has 0 aliphatic rings. The van der Waals surface area contributed by atoms with Crippen molar-refractivity contribution in [3.05, 3.63) is 29.5 Å². The van der Waals surface area contributed by atoms with Gasteiger partial charge in [0.1, 0.15) is 5.15 Å². The Hall–Kier alpha value is 0.0374. The zero-order valence-corrected chi connectivity index (χ0v) is 4.39. The molecule has 38 valence electrons. The van der Waals surface area contributed by atoms with Crippen molar-refractivity contribution in [3.63, 3.8) is 0 Å². The van der Waals surface area contributed by atoms with Gasteiger partial charge >= 0.3 is 18.9 Å². The van der Waals surface area contributed by atoms with Gasteiger partial charge in [0.2, 0.25) is 0 Å². The van der Waals surface area contributed by atoms with Gasteiger partial charge in [0.05, 0.1) is 0 Å². The average Bonchev–Trinajstić information content (AvgIpc) is 1.69. The molecule has 0 aliphatic heterocycles. The number of nitrogens with zero attached hydrogens (tertiary/aromatic N) is 1. The van der Waals surface area contributed by atoms with Crippen LogP contribution in [0.15, 0.2) is 24.4 Å². The van der Waals surface area contributed by atoms with Crippen LogP contribution in [0.3, 0.4) is 0 Å². The molecule has 1 nitrogen and oxygen atoms in total. The van der Waals surface area contributed by atoms with Gasteiger partial charge in [-0.25, -0.2) is 4.98 Å². The summed E-state index contributed by atoms with van der Waals surface area (Å²) in [5, 5.41) is 0.544. The van der Waals surface area contributed by atoms with E-state index in [4.69, 9.17) is 11.6 Å². The molecule has 0 aliphatic carbocycles. The molecule has 0 N–H and O–H groups in total. The van der Waals surface area contributed by atoms with Crippen LogP contribution in [0, 0.1) is 0 Å². The first-order chi connectivity index (χ1) is 3.39. The average molecular weight is 121 g/mol. The molecule has 0 saturated heterocycles. The first-order valence-corrected chi connectivity index (χ1v) is 2.34. The van der Waals surface area contributed by atoms with Crippen LogP contribution in [0.1, 0.15) is 0 Å². The first-order valence-electron chi connectivity index (χ1n) is 1.96. The summed E-state index contributed by atoms with van der Waals surface area (Å²) in [6.45, 7) is 0. The maximum atomic E-state index is 5.43. The zero-order valence-electron chi connectivity index (χ0n) is 3.63. The molecule has 0 amide bonds. The molecule has 1 heterocycles. The van der Waals surface area contributed by atoms with Crippen molar-refractivity contribution in [2.45, 2.75) is 0 Å². The molecule has 0 spiro atoms. The van der Waals surface area contributed by atoms with Gasteiger partial charge in [-0.05, 0) is 12.1 Å². The van der Waals surface area contributed by atoms with Gasteiger partial charge in [-0.2, -0.15) is 0 Å². The summed E-state index contributed by atoms with van der Waals surface area (Å²) in [4.78, 5) is 3.74. The zero-order chi connectivity index (χ0) is 5.11. The van der Waals surface area contributed by atoms with E-state index in [0.29, 0.717) is 5.15 Å². The van der Waals surface area contributed by atoms with Crippen molar-refractivity contribution >= 4 is 30.5 Å². The van der Waals surface area contributed by atoms with Crippen molar-refractivity contribution in [3.8, 4) is 0 Å². The fourth-order valence-electron chi connectivity index (χ4n) is 0.342. The van der Waals surface area contributed by atoms with Gasteiger partial charge in [-0.3, -0.25) is 0 Å². The molecule has 0 saturated carbocycles. The molecule has 0 fully saturated rings. The summed E-state index contributed by atoms with van der Waals surface area (Å²) in [5.74, 6) is 0. The van der Waals surface area contributed by atoms with E-state index in [1.165, 1.54) is 0 Å². The molecular formula is C5H5ClLiN. The number of rotatable bonds is 0. The second-order valence-corrected chi connectivity index (χ2v) is 1.54. The summed E-state index contributed by atoms with van der Waals surface area (Å²) >= 11 is 5.43. The summed E-state index contributed by atoms with van der Waals surface area (Å²) < 4.78 is 0. The summed E-state index contributed by atoms with van der Waals surface area (Å²) in [7, 11) is 0. The van der Waals surface area contributed by atoms with Gasteiger partial charge < -0.3 is 0 Å². The Morgan fingerprint density at radius 1 is 1.38 bits per heavy atom. The third-order valence-electron chi connectivity index (χ3n) is 0.629.